The van der Waals surface area contributed by atoms with Crippen molar-refractivity contribution in [3.63, 3.8) is 0 Å². The zero-order chi connectivity index (χ0) is 16.5. The van der Waals surface area contributed by atoms with Crippen molar-refractivity contribution in [1.82, 2.24) is 16.0 Å². The van der Waals surface area contributed by atoms with Crippen molar-refractivity contribution >= 4 is 23.4 Å². The van der Waals surface area contributed by atoms with Crippen LogP contribution in [-0.2, 0) is 4.79 Å². The number of halogens is 1. The molecule has 1 aromatic carbocycles. The van der Waals surface area contributed by atoms with E-state index in [-0.39, 0.29) is 11.8 Å². The van der Waals surface area contributed by atoms with Gasteiger partial charge in [-0.3, -0.25) is 9.59 Å². The first-order valence-corrected chi connectivity index (χ1v) is 7.80. The number of hydrogen-bond acceptors (Lipinski definition) is 3. The molecule has 0 fully saturated rings. The Morgan fingerprint density at radius 1 is 1.14 bits per heavy atom. The van der Waals surface area contributed by atoms with Gasteiger partial charge in [0.15, 0.2) is 0 Å². The lowest BCUT2D eigenvalue weighted by Crippen LogP contribution is -2.48. The van der Waals surface area contributed by atoms with Crippen LogP contribution in [0.25, 0.3) is 0 Å². The van der Waals surface area contributed by atoms with Gasteiger partial charge < -0.3 is 16.0 Å². The van der Waals surface area contributed by atoms with E-state index in [9.17, 15) is 9.59 Å². The summed E-state index contributed by atoms with van der Waals surface area (Å²) in [4.78, 5) is 24.4. The van der Waals surface area contributed by atoms with Gasteiger partial charge in [0.25, 0.3) is 5.91 Å². The Morgan fingerprint density at radius 3 is 2.32 bits per heavy atom. The number of amides is 2. The molecule has 0 radical (unpaired) electrons. The lowest BCUT2D eigenvalue weighted by Gasteiger charge is -2.20. The van der Waals surface area contributed by atoms with Crippen LogP contribution < -0.4 is 16.0 Å². The Balaban J connectivity index is 2.69. The fourth-order valence-electron chi connectivity index (χ4n) is 1.98. The molecule has 0 spiro atoms. The molecular weight excluding hydrogens is 302 g/mol. The summed E-state index contributed by atoms with van der Waals surface area (Å²) in [5.74, 6) is -0.136. The SMILES string of the molecule is CNCCNC(=O)C(CC(C)C)NC(=O)c1ccc(Cl)cc1. The lowest BCUT2D eigenvalue weighted by molar-refractivity contribution is -0.123. The molecule has 0 aliphatic rings. The van der Waals surface area contributed by atoms with Crippen molar-refractivity contribution in [3.8, 4) is 0 Å². The number of likely N-dealkylation sites (N-methyl/N-ethyl adjacent to an activating group) is 1. The highest BCUT2D eigenvalue weighted by Crippen LogP contribution is 2.11. The summed E-state index contributed by atoms with van der Waals surface area (Å²) >= 11 is 5.81. The monoisotopic (exact) mass is 325 g/mol. The molecule has 0 heterocycles. The molecule has 5 nitrogen and oxygen atoms in total. The van der Waals surface area contributed by atoms with E-state index in [0.29, 0.717) is 36.0 Å². The fourth-order valence-corrected chi connectivity index (χ4v) is 2.11. The number of nitrogens with one attached hydrogen (secondary N) is 3. The van der Waals surface area contributed by atoms with Crippen LogP contribution in [0.2, 0.25) is 5.02 Å². The normalized spacial score (nSPS) is 12.0. The van der Waals surface area contributed by atoms with E-state index in [1.165, 1.54) is 0 Å². The maximum absolute atomic E-state index is 12.2. The topological polar surface area (TPSA) is 70.2 Å². The average molecular weight is 326 g/mol. The third-order valence-electron chi connectivity index (χ3n) is 3.11. The predicted octanol–water partition coefficient (Wildman–Crippen LogP) is 1.82. The minimum Gasteiger partial charge on any atom is -0.353 e. The Kier molecular flexibility index (Phi) is 7.91. The number of carbonyl (C=O) groups is 2. The summed E-state index contributed by atoms with van der Waals surface area (Å²) in [6.07, 6.45) is 0.588. The molecule has 0 aromatic heterocycles. The highest BCUT2D eigenvalue weighted by molar-refractivity contribution is 6.30. The smallest absolute Gasteiger partial charge is 0.251 e. The number of hydrogen-bond donors (Lipinski definition) is 3. The van der Waals surface area contributed by atoms with Crippen LogP contribution in [0.1, 0.15) is 30.6 Å². The van der Waals surface area contributed by atoms with Gasteiger partial charge in [0.1, 0.15) is 6.04 Å². The summed E-state index contributed by atoms with van der Waals surface area (Å²) in [5, 5.41) is 9.14. The van der Waals surface area contributed by atoms with Crippen LogP contribution in [0.15, 0.2) is 24.3 Å². The van der Waals surface area contributed by atoms with E-state index >= 15 is 0 Å². The van der Waals surface area contributed by atoms with E-state index in [1.54, 1.807) is 24.3 Å². The highest BCUT2D eigenvalue weighted by Gasteiger charge is 2.22. The first-order valence-electron chi connectivity index (χ1n) is 7.42. The molecular formula is C16H24ClN3O2. The molecule has 1 unspecified atom stereocenters. The van der Waals surface area contributed by atoms with Crippen molar-refractivity contribution in [2.45, 2.75) is 26.3 Å². The molecule has 22 heavy (non-hydrogen) atoms. The van der Waals surface area contributed by atoms with Crippen LogP contribution in [0.5, 0.6) is 0 Å². The molecule has 0 aliphatic carbocycles. The second-order valence-electron chi connectivity index (χ2n) is 5.56. The van der Waals surface area contributed by atoms with Crippen molar-refractivity contribution in [1.29, 1.82) is 0 Å². The van der Waals surface area contributed by atoms with E-state index in [4.69, 9.17) is 11.6 Å². The van der Waals surface area contributed by atoms with E-state index in [1.807, 2.05) is 20.9 Å². The Labute approximate surface area is 136 Å². The van der Waals surface area contributed by atoms with Crippen molar-refractivity contribution < 1.29 is 9.59 Å². The zero-order valence-electron chi connectivity index (χ0n) is 13.3. The summed E-state index contributed by atoms with van der Waals surface area (Å²) in [6, 6.07) is 6.05. The van der Waals surface area contributed by atoms with E-state index < -0.39 is 6.04 Å². The van der Waals surface area contributed by atoms with Crippen LogP contribution in [-0.4, -0.2) is 38.0 Å². The van der Waals surface area contributed by atoms with Gasteiger partial charge >= 0.3 is 0 Å². The van der Waals surface area contributed by atoms with Gasteiger partial charge in [0.2, 0.25) is 5.91 Å². The van der Waals surface area contributed by atoms with Crippen molar-refractivity contribution in [3.05, 3.63) is 34.9 Å². The minimum atomic E-state index is -0.542. The summed E-state index contributed by atoms with van der Waals surface area (Å²) < 4.78 is 0. The molecule has 6 heteroatoms. The quantitative estimate of drug-likeness (QED) is 0.639. The van der Waals surface area contributed by atoms with Gasteiger partial charge in [-0.2, -0.15) is 0 Å². The zero-order valence-corrected chi connectivity index (χ0v) is 14.0. The number of benzene rings is 1. The average Bonchev–Trinajstić information content (AvgIpc) is 2.46. The third kappa shape index (κ3) is 6.45. The molecule has 0 saturated carbocycles. The molecule has 2 amide bonds. The van der Waals surface area contributed by atoms with Crippen LogP contribution >= 0.6 is 11.6 Å². The van der Waals surface area contributed by atoms with Crippen molar-refractivity contribution in [2.24, 2.45) is 5.92 Å². The lowest BCUT2D eigenvalue weighted by atomic mass is 10.0. The Hall–Kier alpha value is -1.59. The van der Waals surface area contributed by atoms with Gasteiger partial charge in [-0.25, -0.2) is 0 Å². The van der Waals surface area contributed by atoms with Gasteiger partial charge in [0, 0.05) is 23.7 Å². The molecule has 0 saturated heterocycles. The van der Waals surface area contributed by atoms with Gasteiger partial charge in [-0.1, -0.05) is 25.4 Å². The van der Waals surface area contributed by atoms with Crippen LogP contribution in [0, 0.1) is 5.92 Å². The Morgan fingerprint density at radius 2 is 1.77 bits per heavy atom. The Bertz CT molecular complexity index is 489. The summed E-state index contributed by atoms with van der Waals surface area (Å²) in [5.41, 5.74) is 0.487. The first-order chi connectivity index (χ1) is 10.4. The summed E-state index contributed by atoms with van der Waals surface area (Å²) in [6.45, 7) is 5.25. The maximum atomic E-state index is 12.2. The number of rotatable bonds is 8. The molecule has 1 atom stereocenters. The molecule has 0 aliphatic heterocycles. The van der Waals surface area contributed by atoms with E-state index in [0.717, 1.165) is 0 Å². The van der Waals surface area contributed by atoms with E-state index in [2.05, 4.69) is 16.0 Å². The summed E-state index contributed by atoms with van der Waals surface area (Å²) in [7, 11) is 1.82. The predicted molar refractivity (Wildman–Crippen MR) is 89.1 cm³/mol. The first kappa shape index (κ1) is 18.5. The van der Waals surface area contributed by atoms with Crippen molar-refractivity contribution in [2.75, 3.05) is 20.1 Å². The fraction of sp³-hybridized carbons (Fsp3) is 0.500. The minimum absolute atomic E-state index is 0.161. The number of carbonyl (C=O) groups excluding carboxylic acids is 2. The molecule has 122 valence electrons. The second kappa shape index (κ2) is 9.43. The molecule has 1 aromatic rings. The van der Waals surface area contributed by atoms with Crippen LogP contribution in [0.3, 0.4) is 0 Å². The largest absolute Gasteiger partial charge is 0.353 e. The highest BCUT2D eigenvalue weighted by atomic mass is 35.5. The maximum Gasteiger partial charge on any atom is 0.251 e. The third-order valence-corrected chi connectivity index (χ3v) is 3.36. The molecule has 1 rings (SSSR count). The molecule has 0 bridgehead atoms. The van der Waals surface area contributed by atoms with Crippen LogP contribution in [0.4, 0.5) is 0 Å². The van der Waals surface area contributed by atoms with Gasteiger partial charge in [-0.15, -0.1) is 0 Å². The molecule has 3 N–H and O–H groups in total. The van der Waals surface area contributed by atoms with Gasteiger partial charge in [0.05, 0.1) is 0 Å². The standard InChI is InChI=1S/C16H24ClN3O2/c1-11(2)10-14(16(22)19-9-8-18-3)20-15(21)12-4-6-13(17)7-5-12/h4-7,11,14,18H,8-10H2,1-3H3,(H,19,22)(H,20,21). The second-order valence-corrected chi connectivity index (χ2v) is 5.99. The van der Waals surface area contributed by atoms with Gasteiger partial charge in [-0.05, 0) is 43.7 Å².